The van der Waals surface area contributed by atoms with Crippen LogP contribution in [0, 0.1) is 0 Å². The van der Waals surface area contributed by atoms with Crippen LogP contribution in [0.5, 0.6) is 0 Å². The lowest BCUT2D eigenvalue weighted by Crippen LogP contribution is -2.53. The van der Waals surface area contributed by atoms with Gasteiger partial charge in [0.1, 0.15) is 0 Å². The number of rotatable bonds is 16. The molecular weight excluding hydrogens is 390 g/mol. The SMILES string of the molecule is CO[Si](C)(CCCCCNCC(O[Si](C(C)C)(C(C)C)C(C)C)C(=O)O)OC. The molecule has 0 aliphatic heterocycles. The molecule has 0 amide bonds. The highest BCUT2D eigenvalue weighted by molar-refractivity contribution is 6.77. The summed E-state index contributed by atoms with van der Waals surface area (Å²) in [5.74, 6) is -0.867. The lowest BCUT2D eigenvalue weighted by molar-refractivity contribution is -0.145. The molecule has 0 spiro atoms. The van der Waals surface area contributed by atoms with Gasteiger partial charge in [0.05, 0.1) is 0 Å². The van der Waals surface area contributed by atoms with Gasteiger partial charge in [-0.25, -0.2) is 4.79 Å². The first-order chi connectivity index (χ1) is 13.0. The molecule has 0 aliphatic rings. The normalized spacial score (nSPS) is 14.3. The van der Waals surface area contributed by atoms with Crippen LogP contribution in [0.1, 0.15) is 60.8 Å². The Balaban J connectivity index is 4.56. The molecule has 168 valence electrons. The summed E-state index contributed by atoms with van der Waals surface area (Å²) in [6.45, 7) is 16.3. The molecule has 0 saturated carbocycles. The van der Waals surface area contributed by atoms with Gasteiger partial charge >= 0.3 is 14.5 Å². The summed E-state index contributed by atoms with van der Waals surface area (Å²) < 4.78 is 17.4. The second-order valence-electron chi connectivity index (χ2n) is 8.82. The van der Waals surface area contributed by atoms with Crippen molar-refractivity contribution in [2.75, 3.05) is 27.3 Å². The Bertz CT molecular complexity index is 421. The van der Waals surface area contributed by atoms with Crippen molar-refractivity contribution >= 4 is 22.8 Å². The minimum absolute atomic E-state index is 0.360. The average Bonchev–Trinajstić information content (AvgIpc) is 2.61. The minimum Gasteiger partial charge on any atom is -0.479 e. The first kappa shape index (κ1) is 27.7. The third-order valence-corrected chi connectivity index (χ3v) is 15.1. The molecule has 6 nitrogen and oxygen atoms in total. The Morgan fingerprint density at radius 1 is 0.929 bits per heavy atom. The summed E-state index contributed by atoms with van der Waals surface area (Å²) in [7, 11) is -0.739. The largest absolute Gasteiger partial charge is 0.479 e. The Morgan fingerprint density at radius 3 is 1.82 bits per heavy atom. The van der Waals surface area contributed by atoms with Gasteiger partial charge in [0.2, 0.25) is 8.32 Å². The van der Waals surface area contributed by atoms with Gasteiger partial charge < -0.3 is 23.7 Å². The highest BCUT2D eigenvalue weighted by Crippen LogP contribution is 2.42. The van der Waals surface area contributed by atoms with E-state index in [-0.39, 0.29) is 0 Å². The van der Waals surface area contributed by atoms with E-state index in [0.29, 0.717) is 23.2 Å². The van der Waals surface area contributed by atoms with E-state index >= 15 is 0 Å². The van der Waals surface area contributed by atoms with Gasteiger partial charge in [-0.15, -0.1) is 0 Å². The Morgan fingerprint density at radius 2 is 1.43 bits per heavy atom. The van der Waals surface area contributed by atoms with E-state index in [0.717, 1.165) is 31.9 Å². The molecule has 1 atom stereocenters. The molecule has 0 aliphatic carbocycles. The smallest absolute Gasteiger partial charge is 0.334 e. The van der Waals surface area contributed by atoms with Crippen molar-refractivity contribution in [3.05, 3.63) is 0 Å². The van der Waals surface area contributed by atoms with E-state index in [1.807, 2.05) is 0 Å². The molecule has 0 aromatic carbocycles. The summed E-state index contributed by atoms with van der Waals surface area (Å²) in [5, 5.41) is 13.0. The van der Waals surface area contributed by atoms with Gasteiger partial charge in [0, 0.05) is 20.8 Å². The van der Waals surface area contributed by atoms with E-state index in [4.69, 9.17) is 13.3 Å². The zero-order valence-electron chi connectivity index (χ0n) is 19.6. The van der Waals surface area contributed by atoms with Crippen molar-refractivity contribution in [3.63, 3.8) is 0 Å². The van der Waals surface area contributed by atoms with Crippen LogP contribution in [-0.2, 0) is 18.1 Å². The standard InChI is InChI=1S/C20H45NO5Si2/c1-16(2)28(17(3)4,18(5)6)26-19(20(22)23)15-21-13-11-10-12-14-27(9,24-7)25-8/h16-19,21H,10-15H2,1-9H3,(H,22,23). The van der Waals surface area contributed by atoms with Crippen LogP contribution in [0.3, 0.4) is 0 Å². The van der Waals surface area contributed by atoms with Gasteiger partial charge in [0.25, 0.3) is 0 Å². The minimum atomic E-state index is -2.21. The molecular formula is C20H45NO5Si2. The molecule has 0 saturated heterocycles. The predicted molar refractivity (Wildman–Crippen MR) is 121 cm³/mol. The maximum absolute atomic E-state index is 11.8. The summed E-state index contributed by atoms with van der Waals surface area (Å²) in [6, 6.07) is 0.978. The van der Waals surface area contributed by atoms with Crippen molar-refractivity contribution in [2.45, 2.75) is 96.1 Å². The lowest BCUT2D eigenvalue weighted by Gasteiger charge is -2.43. The molecule has 0 aromatic rings. The third-order valence-electron chi connectivity index (χ3n) is 6.01. The molecule has 0 fully saturated rings. The molecule has 2 N–H and O–H groups in total. The van der Waals surface area contributed by atoms with Gasteiger partial charge in [-0.3, -0.25) is 0 Å². The zero-order valence-corrected chi connectivity index (χ0v) is 21.6. The molecule has 0 rings (SSSR count). The van der Waals surface area contributed by atoms with Gasteiger partial charge in [-0.2, -0.15) is 0 Å². The summed E-state index contributed by atoms with van der Waals surface area (Å²) in [6.07, 6.45) is 2.36. The number of carbonyl (C=O) groups is 1. The fraction of sp³-hybridized carbons (Fsp3) is 0.950. The topological polar surface area (TPSA) is 77.0 Å². The Labute approximate surface area is 175 Å². The molecule has 28 heavy (non-hydrogen) atoms. The molecule has 0 aromatic heterocycles. The van der Waals surface area contributed by atoms with Crippen LogP contribution in [0.4, 0.5) is 0 Å². The highest BCUT2D eigenvalue weighted by atomic mass is 28.4. The highest BCUT2D eigenvalue weighted by Gasteiger charge is 2.47. The molecule has 0 bridgehead atoms. The van der Waals surface area contributed by atoms with Crippen molar-refractivity contribution in [3.8, 4) is 0 Å². The quantitative estimate of drug-likeness (QED) is 0.269. The van der Waals surface area contributed by atoms with Gasteiger partial charge in [-0.05, 0) is 42.2 Å². The summed E-state index contributed by atoms with van der Waals surface area (Å²) >= 11 is 0. The van der Waals surface area contributed by atoms with Crippen LogP contribution in [0.2, 0.25) is 29.2 Å². The van der Waals surface area contributed by atoms with E-state index in [1.54, 1.807) is 14.2 Å². The third kappa shape index (κ3) is 8.24. The zero-order chi connectivity index (χ0) is 22.0. The molecule has 0 heterocycles. The molecule has 8 heteroatoms. The summed E-state index contributed by atoms with van der Waals surface area (Å²) in [5.41, 5.74) is 1.11. The molecule has 1 unspecified atom stereocenters. The predicted octanol–water partition coefficient (Wildman–Crippen LogP) is 4.76. The van der Waals surface area contributed by atoms with Gasteiger partial charge in [-0.1, -0.05) is 54.4 Å². The van der Waals surface area contributed by atoms with E-state index in [2.05, 4.69) is 53.4 Å². The second-order valence-corrected chi connectivity index (χ2v) is 17.8. The number of carboxylic acid groups (broad SMARTS) is 1. The number of aliphatic carboxylic acids is 1. The Kier molecular flexibility index (Phi) is 13.0. The number of carboxylic acids is 1. The van der Waals surface area contributed by atoms with Crippen LogP contribution >= 0.6 is 0 Å². The molecule has 0 radical (unpaired) electrons. The maximum atomic E-state index is 11.8. The van der Waals surface area contributed by atoms with E-state index in [9.17, 15) is 9.90 Å². The van der Waals surface area contributed by atoms with Crippen molar-refractivity contribution in [2.24, 2.45) is 0 Å². The van der Waals surface area contributed by atoms with Gasteiger partial charge in [0.15, 0.2) is 6.10 Å². The fourth-order valence-electron chi connectivity index (χ4n) is 4.23. The first-order valence-corrected chi connectivity index (χ1v) is 15.3. The van der Waals surface area contributed by atoms with Crippen LogP contribution in [0.15, 0.2) is 0 Å². The van der Waals surface area contributed by atoms with E-state index < -0.39 is 29.0 Å². The lowest BCUT2D eigenvalue weighted by atomic mass is 10.2. The second kappa shape index (κ2) is 13.1. The van der Waals surface area contributed by atoms with Crippen molar-refractivity contribution in [1.82, 2.24) is 5.32 Å². The van der Waals surface area contributed by atoms with E-state index in [1.165, 1.54) is 0 Å². The maximum Gasteiger partial charge on any atom is 0.334 e. The Hall–Kier alpha value is -0.256. The first-order valence-electron chi connectivity index (χ1n) is 10.7. The van der Waals surface area contributed by atoms with Crippen molar-refractivity contribution < 1.29 is 23.2 Å². The van der Waals surface area contributed by atoms with Crippen molar-refractivity contribution in [1.29, 1.82) is 0 Å². The average molecular weight is 436 g/mol. The van der Waals surface area contributed by atoms with Crippen LogP contribution in [0.25, 0.3) is 0 Å². The number of unbranched alkanes of at least 4 members (excludes halogenated alkanes) is 2. The number of hydrogen-bond donors (Lipinski definition) is 2. The number of hydrogen-bond acceptors (Lipinski definition) is 5. The number of nitrogens with one attached hydrogen (secondary N) is 1. The van der Waals surface area contributed by atoms with Crippen LogP contribution < -0.4 is 5.32 Å². The summed E-state index contributed by atoms with van der Waals surface area (Å²) in [4.78, 5) is 11.8. The fourth-order valence-corrected chi connectivity index (χ4v) is 11.2. The monoisotopic (exact) mass is 435 g/mol. The van der Waals surface area contributed by atoms with Crippen LogP contribution in [-0.4, -0.2) is 61.4 Å².